The van der Waals surface area contributed by atoms with E-state index >= 15 is 0 Å². The highest BCUT2D eigenvalue weighted by Crippen LogP contribution is 2.28. The monoisotopic (exact) mass is 393 g/mol. The van der Waals surface area contributed by atoms with Crippen LogP contribution in [0.25, 0.3) is 0 Å². The molecule has 0 saturated carbocycles. The Morgan fingerprint density at radius 1 is 1.23 bits per heavy atom. The maximum atomic E-state index is 12.1. The molecule has 0 atom stereocenters. The molecule has 0 unspecified atom stereocenters. The topological polar surface area (TPSA) is 95.6 Å². The highest BCUT2D eigenvalue weighted by Gasteiger charge is 2.28. The van der Waals surface area contributed by atoms with E-state index in [0.29, 0.717) is 24.3 Å². The van der Waals surface area contributed by atoms with Gasteiger partial charge in [-0.3, -0.25) is 13.9 Å². The highest BCUT2D eigenvalue weighted by molar-refractivity contribution is 7.93. The molecule has 26 heavy (non-hydrogen) atoms. The summed E-state index contributed by atoms with van der Waals surface area (Å²) in [5.41, 5.74) is 2.57. The third-order valence-corrected chi connectivity index (χ3v) is 6.70. The maximum Gasteiger partial charge on any atom is 0.313 e. The standard InChI is InChI=1S/C17H19N3O4S2/c1-12-3-4-14(20-6-2-8-26(20,23)24)9-15(12)19-17(22)16(21)18-10-13-5-7-25-11-13/h3-5,7,9,11H,2,6,8,10H2,1H3,(H,18,21)(H,19,22). The average Bonchev–Trinajstić information content (AvgIpc) is 3.23. The Kier molecular flexibility index (Phi) is 5.28. The number of nitrogens with one attached hydrogen (secondary N) is 2. The van der Waals surface area contributed by atoms with Gasteiger partial charge in [0, 0.05) is 18.8 Å². The lowest BCUT2D eigenvalue weighted by molar-refractivity contribution is -0.136. The van der Waals surface area contributed by atoms with Gasteiger partial charge in [0.1, 0.15) is 0 Å². The zero-order chi connectivity index (χ0) is 18.7. The summed E-state index contributed by atoms with van der Waals surface area (Å²) in [6.45, 7) is 2.47. The van der Waals surface area contributed by atoms with E-state index in [0.717, 1.165) is 11.1 Å². The fourth-order valence-electron chi connectivity index (χ4n) is 2.66. The number of amides is 2. The van der Waals surface area contributed by atoms with E-state index in [1.165, 1.54) is 15.6 Å². The van der Waals surface area contributed by atoms with E-state index in [1.807, 2.05) is 16.8 Å². The van der Waals surface area contributed by atoms with Crippen LogP contribution in [0.3, 0.4) is 0 Å². The van der Waals surface area contributed by atoms with Gasteiger partial charge in [-0.25, -0.2) is 8.42 Å². The third kappa shape index (κ3) is 4.05. The first-order valence-corrected chi connectivity index (χ1v) is 10.6. The second kappa shape index (κ2) is 7.46. The normalized spacial score (nSPS) is 15.7. The molecular weight excluding hydrogens is 374 g/mol. The van der Waals surface area contributed by atoms with Crippen LogP contribution in [0.5, 0.6) is 0 Å². The van der Waals surface area contributed by atoms with Crippen LogP contribution >= 0.6 is 11.3 Å². The second-order valence-electron chi connectivity index (χ2n) is 6.01. The minimum atomic E-state index is -3.31. The van der Waals surface area contributed by atoms with Crippen molar-refractivity contribution in [1.82, 2.24) is 5.32 Å². The Labute approximate surface area is 156 Å². The molecule has 1 saturated heterocycles. The van der Waals surface area contributed by atoms with Crippen molar-refractivity contribution in [3.63, 3.8) is 0 Å². The number of carbonyl (C=O) groups excluding carboxylic acids is 2. The van der Waals surface area contributed by atoms with Crippen LogP contribution in [-0.2, 0) is 26.2 Å². The zero-order valence-electron chi connectivity index (χ0n) is 14.2. The van der Waals surface area contributed by atoms with Crippen LogP contribution in [-0.4, -0.2) is 32.5 Å². The molecule has 3 rings (SSSR count). The van der Waals surface area contributed by atoms with E-state index in [9.17, 15) is 18.0 Å². The Morgan fingerprint density at radius 3 is 2.69 bits per heavy atom. The van der Waals surface area contributed by atoms with Gasteiger partial charge >= 0.3 is 11.8 Å². The van der Waals surface area contributed by atoms with Gasteiger partial charge in [0.05, 0.1) is 11.4 Å². The summed E-state index contributed by atoms with van der Waals surface area (Å²) in [7, 11) is -3.31. The van der Waals surface area contributed by atoms with Crippen LogP contribution in [0.2, 0.25) is 0 Å². The van der Waals surface area contributed by atoms with Crippen molar-refractivity contribution >= 4 is 44.5 Å². The Hall–Kier alpha value is -2.39. The predicted octanol–water partition coefficient (Wildman–Crippen LogP) is 1.85. The third-order valence-electron chi connectivity index (χ3n) is 4.10. The molecule has 1 aromatic heterocycles. The van der Waals surface area contributed by atoms with Crippen LogP contribution in [0.15, 0.2) is 35.0 Å². The lowest BCUT2D eigenvalue weighted by atomic mass is 10.1. The first kappa shape index (κ1) is 18.4. The molecule has 0 bridgehead atoms. The van der Waals surface area contributed by atoms with Gasteiger partial charge in [0.25, 0.3) is 0 Å². The van der Waals surface area contributed by atoms with E-state index in [4.69, 9.17) is 0 Å². The number of benzene rings is 1. The van der Waals surface area contributed by atoms with Crippen LogP contribution in [0.4, 0.5) is 11.4 Å². The molecule has 0 spiro atoms. The summed E-state index contributed by atoms with van der Waals surface area (Å²) in [5, 5.41) is 8.90. The number of sulfonamides is 1. The molecule has 0 radical (unpaired) electrons. The summed E-state index contributed by atoms with van der Waals surface area (Å²) >= 11 is 1.51. The van der Waals surface area contributed by atoms with E-state index in [1.54, 1.807) is 25.1 Å². The smallest absolute Gasteiger partial charge is 0.313 e. The van der Waals surface area contributed by atoms with Crippen LogP contribution in [0.1, 0.15) is 17.5 Å². The number of aryl methyl sites for hydroxylation is 1. The number of hydrogen-bond acceptors (Lipinski definition) is 5. The van der Waals surface area contributed by atoms with Gasteiger partial charge in [-0.15, -0.1) is 0 Å². The van der Waals surface area contributed by atoms with Crippen molar-refractivity contribution in [2.75, 3.05) is 21.9 Å². The van der Waals surface area contributed by atoms with Crippen molar-refractivity contribution in [2.24, 2.45) is 0 Å². The first-order chi connectivity index (χ1) is 12.4. The Balaban J connectivity index is 1.69. The molecule has 2 N–H and O–H groups in total. The number of carbonyl (C=O) groups is 2. The number of nitrogens with zero attached hydrogens (tertiary/aromatic N) is 1. The number of anilines is 2. The number of rotatable bonds is 4. The van der Waals surface area contributed by atoms with E-state index in [-0.39, 0.29) is 12.3 Å². The van der Waals surface area contributed by atoms with E-state index in [2.05, 4.69) is 10.6 Å². The number of hydrogen-bond donors (Lipinski definition) is 2. The Bertz CT molecular complexity index is 923. The second-order valence-corrected chi connectivity index (χ2v) is 8.80. The molecule has 9 heteroatoms. The summed E-state index contributed by atoms with van der Waals surface area (Å²) in [6.07, 6.45) is 0.572. The minimum Gasteiger partial charge on any atom is -0.344 e. The average molecular weight is 393 g/mol. The number of thiophene rings is 1. The van der Waals surface area contributed by atoms with Crippen LogP contribution in [0, 0.1) is 6.92 Å². The Morgan fingerprint density at radius 2 is 2.04 bits per heavy atom. The van der Waals surface area contributed by atoms with Gasteiger partial charge < -0.3 is 10.6 Å². The van der Waals surface area contributed by atoms with Crippen LogP contribution < -0.4 is 14.9 Å². The first-order valence-electron chi connectivity index (χ1n) is 8.08. The molecule has 1 aliphatic heterocycles. The summed E-state index contributed by atoms with van der Waals surface area (Å²) in [5.74, 6) is -1.41. The molecule has 2 heterocycles. The van der Waals surface area contributed by atoms with Gasteiger partial charge in [-0.2, -0.15) is 11.3 Å². The molecule has 2 aromatic rings. The summed E-state index contributed by atoms with van der Waals surface area (Å²) in [6, 6.07) is 6.88. The highest BCUT2D eigenvalue weighted by atomic mass is 32.2. The molecule has 7 nitrogen and oxygen atoms in total. The van der Waals surface area contributed by atoms with Crippen molar-refractivity contribution in [3.05, 3.63) is 46.2 Å². The lowest BCUT2D eigenvalue weighted by Gasteiger charge is -2.19. The fraction of sp³-hybridized carbons (Fsp3) is 0.294. The van der Waals surface area contributed by atoms with Crippen molar-refractivity contribution in [3.8, 4) is 0 Å². The summed E-state index contributed by atoms with van der Waals surface area (Å²) in [4.78, 5) is 24.1. The van der Waals surface area contributed by atoms with E-state index < -0.39 is 21.8 Å². The molecule has 1 fully saturated rings. The van der Waals surface area contributed by atoms with Crippen molar-refractivity contribution < 1.29 is 18.0 Å². The minimum absolute atomic E-state index is 0.119. The molecular formula is C17H19N3O4S2. The molecule has 0 aliphatic carbocycles. The van der Waals surface area contributed by atoms with Gasteiger partial charge in [-0.1, -0.05) is 6.07 Å². The molecule has 1 aliphatic rings. The fourth-order valence-corrected chi connectivity index (χ4v) is 4.89. The zero-order valence-corrected chi connectivity index (χ0v) is 15.8. The molecule has 138 valence electrons. The largest absolute Gasteiger partial charge is 0.344 e. The van der Waals surface area contributed by atoms with Gasteiger partial charge in [-0.05, 0) is 53.4 Å². The quantitative estimate of drug-likeness (QED) is 0.775. The van der Waals surface area contributed by atoms with Crippen molar-refractivity contribution in [1.29, 1.82) is 0 Å². The maximum absolute atomic E-state index is 12.1. The molecule has 2 amide bonds. The van der Waals surface area contributed by atoms with Gasteiger partial charge in [0.15, 0.2) is 0 Å². The predicted molar refractivity (Wildman–Crippen MR) is 102 cm³/mol. The van der Waals surface area contributed by atoms with Gasteiger partial charge in [0.2, 0.25) is 10.0 Å². The SMILES string of the molecule is Cc1ccc(N2CCCS2(=O)=O)cc1NC(=O)C(=O)NCc1ccsc1. The lowest BCUT2D eigenvalue weighted by Crippen LogP contribution is -2.35. The summed E-state index contributed by atoms with van der Waals surface area (Å²) < 4.78 is 25.5. The molecule has 1 aromatic carbocycles. The van der Waals surface area contributed by atoms with Crippen molar-refractivity contribution in [2.45, 2.75) is 19.9 Å².